The van der Waals surface area contributed by atoms with Crippen LogP contribution in [0.4, 0.5) is 0 Å². The topological polar surface area (TPSA) is 86.7 Å². The summed E-state index contributed by atoms with van der Waals surface area (Å²) in [6.07, 6.45) is 0. The molecule has 0 saturated carbocycles. The highest BCUT2D eigenvalue weighted by Gasteiger charge is 2.16. The Morgan fingerprint density at radius 2 is 2.04 bits per heavy atom. The van der Waals surface area contributed by atoms with Gasteiger partial charge in [0.15, 0.2) is 4.80 Å². The minimum Gasteiger partial charge on any atom is -0.468 e. The summed E-state index contributed by atoms with van der Waals surface area (Å²) in [5.41, 5.74) is 3.56. The third-order valence-corrected chi connectivity index (χ3v) is 4.89. The molecule has 1 amide bonds. The summed E-state index contributed by atoms with van der Waals surface area (Å²) in [6.45, 7) is 5.66. The van der Waals surface area contributed by atoms with Crippen LogP contribution >= 0.6 is 11.3 Å². The molecule has 0 saturated heterocycles. The average Bonchev–Trinajstić information content (AvgIpc) is 3.13. The van der Waals surface area contributed by atoms with Gasteiger partial charge in [-0.2, -0.15) is 4.99 Å². The fraction of sp³-hybridized carbons (Fsp3) is 0.294. The van der Waals surface area contributed by atoms with Crippen molar-refractivity contribution in [3.05, 3.63) is 45.6 Å². The average molecular weight is 359 g/mol. The van der Waals surface area contributed by atoms with E-state index < -0.39 is 11.9 Å². The number of aromatic nitrogens is 2. The number of carbonyl (C=O) groups excluding carboxylic acids is 2. The molecule has 2 heterocycles. The molecule has 0 fully saturated rings. The van der Waals surface area contributed by atoms with E-state index in [-0.39, 0.29) is 12.3 Å². The Balaban J connectivity index is 2.20. The highest BCUT2D eigenvalue weighted by molar-refractivity contribution is 7.16. The molecule has 2 aromatic heterocycles. The number of rotatable bonds is 3. The lowest BCUT2D eigenvalue weighted by Crippen LogP contribution is -2.22. The fourth-order valence-corrected chi connectivity index (χ4v) is 3.63. The van der Waals surface area contributed by atoms with Gasteiger partial charge in [-0.3, -0.25) is 9.59 Å². The van der Waals surface area contributed by atoms with Gasteiger partial charge in [-0.15, -0.1) is 0 Å². The van der Waals surface area contributed by atoms with Gasteiger partial charge in [-0.1, -0.05) is 22.6 Å². The van der Waals surface area contributed by atoms with Crippen molar-refractivity contribution >= 4 is 33.4 Å². The molecule has 7 nitrogen and oxygen atoms in total. The first kappa shape index (κ1) is 17.1. The zero-order valence-corrected chi connectivity index (χ0v) is 15.1. The number of aryl methyl sites for hydroxylation is 3. The summed E-state index contributed by atoms with van der Waals surface area (Å²) in [5.74, 6) is -0.893. The van der Waals surface area contributed by atoms with Crippen molar-refractivity contribution in [3.8, 4) is 0 Å². The van der Waals surface area contributed by atoms with Crippen molar-refractivity contribution < 1.29 is 18.8 Å². The Morgan fingerprint density at radius 1 is 1.28 bits per heavy atom. The molecule has 0 unspecified atom stereocenters. The number of nitrogens with zero attached hydrogens (tertiary/aromatic N) is 3. The van der Waals surface area contributed by atoms with Crippen LogP contribution in [-0.2, 0) is 16.1 Å². The van der Waals surface area contributed by atoms with Crippen LogP contribution in [0.2, 0.25) is 0 Å². The summed E-state index contributed by atoms with van der Waals surface area (Å²) < 4.78 is 12.4. The standard InChI is InChI=1S/C17H17N3O4S/c1-9-5-10(2)15-12(6-9)20(8-14(21)23-4)17(25-15)18-16(22)13-7-11(3)19-24-13/h5-7H,8H2,1-4H3. The molecule has 0 atom stereocenters. The van der Waals surface area contributed by atoms with Gasteiger partial charge in [0.2, 0.25) is 5.76 Å². The van der Waals surface area contributed by atoms with Gasteiger partial charge in [0.1, 0.15) is 6.54 Å². The van der Waals surface area contributed by atoms with Gasteiger partial charge < -0.3 is 13.8 Å². The molecule has 0 aliphatic carbocycles. The molecule has 0 aliphatic rings. The van der Waals surface area contributed by atoms with Crippen molar-refractivity contribution in [2.75, 3.05) is 7.11 Å². The summed E-state index contributed by atoms with van der Waals surface area (Å²) in [5, 5.41) is 3.70. The van der Waals surface area contributed by atoms with Gasteiger partial charge in [-0.05, 0) is 38.0 Å². The number of ether oxygens (including phenoxy) is 1. The summed E-state index contributed by atoms with van der Waals surface area (Å²) in [6, 6.07) is 5.54. The number of thiazole rings is 1. The Morgan fingerprint density at radius 3 is 2.68 bits per heavy atom. The number of amides is 1. The van der Waals surface area contributed by atoms with E-state index in [1.807, 2.05) is 26.0 Å². The molecular formula is C17H17N3O4S. The number of benzene rings is 1. The smallest absolute Gasteiger partial charge is 0.325 e. The molecular weight excluding hydrogens is 342 g/mol. The Bertz CT molecular complexity index is 1040. The third kappa shape index (κ3) is 3.39. The Kier molecular flexibility index (Phi) is 4.54. The highest BCUT2D eigenvalue weighted by atomic mass is 32.1. The molecule has 0 bridgehead atoms. The van der Waals surface area contributed by atoms with E-state index in [1.165, 1.54) is 24.5 Å². The molecule has 25 heavy (non-hydrogen) atoms. The van der Waals surface area contributed by atoms with E-state index in [2.05, 4.69) is 10.1 Å². The number of fused-ring (bicyclic) bond motifs is 1. The first-order valence-corrected chi connectivity index (χ1v) is 8.40. The van der Waals surface area contributed by atoms with Crippen LogP contribution in [0.25, 0.3) is 10.2 Å². The second-order valence-electron chi connectivity index (χ2n) is 5.73. The van der Waals surface area contributed by atoms with Crippen LogP contribution in [-0.4, -0.2) is 28.7 Å². The van der Waals surface area contributed by atoms with Gasteiger partial charge in [0.25, 0.3) is 0 Å². The zero-order valence-electron chi connectivity index (χ0n) is 14.3. The van der Waals surface area contributed by atoms with E-state index in [0.29, 0.717) is 10.5 Å². The van der Waals surface area contributed by atoms with E-state index in [4.69, 9.17) is 9.26 Å². The molecule has 3 rings (SSSR count). The lowest BCUT2D eigenvalue weighted by atomic mass is 10.1. The number of hydrogen-bond acceptors (Lipinski definition) is 6. The van der Waals surface area contributed by atoms with Crippen LogP contribution < -0.4 is 4.80 Å². The predicted octanol–water partition coefficient (Wildman–Crippen LogP) is 2.53. The monoisotopic (exact) mass is 359 g/mol. The van der Waals surface area contributed by atoms with Crippen molar-refractivity contribution in [2.45, 2.75) is 27.3 Å². The third-order valence-electron chi connectivity index (χ3n) is 3.67. The maximum absolute atomic E-state index is 12.3. The molecule has 0 N–H and O–H groups in total. The predicted molar refractivity (Wildman–Crippen MR) is 92.4 cm³/mol. The Labute approximate surface area is 147 Å². The Hall–Kier alpha value is -2.74. The van der Waals surface area contributed by atoms with Crippen LogP contribution in [0.3, 0.4) is 0 Å². The van der Waals surface area contributed by atoms with Crippen molar-refractivity contribution in [1.29, 1.82) is 0 Å². The van der Waals surface area contributed by atoms with Crippen molar-refractivity contribution in [1.82, 2.24) is 9.72 Å². The maximum atomic E-state index is 12.3. The summed E-state index contributed by atoms with van der Waals surface area (Å²) in [4.78, 5) is 28.7. The van der Waals surface area contributed by atoms with Crippen LogP contribution in [0.1, 0.15) is 27.4 Å². The van der Waals surface area contributed by atoms with E-state index in [0.717, 1.165) is 21.3 Å². The SMILES string of the molecule is COC(=O)Cn1c(=NC(=O)c2cc(C)no2)sc2c(C)cc(C)cc21. The van der Waals surface area contributed by atoms with Crippen LogP contribution in [0.15, 0.2) is 27.7 Å². The number of methoxy groups -OCH3 is 1. The molecule has 130 valence electrons. The maximum Gasteiger partial charge on any atom is 0.325 e. The molecule has 3 aromatic rings. The molecule has 1 aromatic carbocycles. The lowest BCUT2D eigenvalue weighted by molar-refractivity contribution is -0.141. The summed E-state index contributed by atoms with van der Waals surface area (Å²) in [7, 11) is 1.33. The molecule has 0 radical (unpaired) electrons. The second-order valence-corrected chi connectivity index (χ2v) is 6.70. The zero-order chi connectivity index (χ0) is 18.1. The minimum atomic E-state index is -0.542. The first-order valence-electron chi connectivity index (χ1n) is 7.59. The normalized spacial score (nSPS) is 11.9. The molecule has 0 aliphatic heterocycles. The van der Waals surface area contributed by atoms with E-state index >= 15 is 0 Å². The van der Waals surface area contributed by atoms with Crippen LogP contribution in [0.5, 0.6) is 0 Å². The lowest BCUT2D eigenvalue weighted by Gasteiger charge is -2.05. The highest BCUT2D eigenvalue weighted by Crippen LogP contribution is 2.23. The fourth-order valence-electron chi connectivity index (χ4n) is 2.55. The first-order chi connectivity index (χ1) is 11.9. The largest absolute Gasteiger partial charge is 0.468 e. The van der Waals surface area contributed by atoms with Crippen molar-refractivity contribution in [2.24, 2.45) is 4.99 Å². The summed E-state index contributed by atoms with van der Waals surface area (Å²) >= 11 is 1.35. The quantitative estimate of drug-likeness (QED) is 0.671. The second kappa shape index (κ2) is 6.64. The number of esters is 1. The number of hydrogen-bond donors (Lipinski definition) is 0. The van der Waals surface area contributed by atoms with Gasteiger partial charge >= 0.3 is 11.9 Å². The number of carbonyl (C=O) groups is 2. The van der Waals surface area contributed by atoms with Crippen molar-refractivity contribution in [3.63, 3.8) is 0 Å². The van der Waals surface area contributed by atoms with Gasteiger partial charge in [-0.25, -0.2) is 0 Å². The minimum absolute atomic E-state index is 0.0268. The van der Waals surface area contributed by atoms with Crippen LogP contribution in [0, 0.1) is 20.8 Å². The van der Waals surface area contributed by atoms with Gasteiger partial charge in [0.05, 0.1) is 23.0 Å². The van der Waals surface area contributed by atoms with Gasteiger partial charge in [0, 0.05) is 6.07 Å². The van der Waals surface area contributed by atoms with E-state index in [9.17, 15) is 9.59 Å². The van der Waals surface area contributed by atoms with E-state index in [1.54, 1.807) is 11.5 Å². The molecule has 0 spiro atoms. The molecule has 8 heteroatoms.